The summed E-state index contributed by atoms with van der Waals surface area (Å²) in [4.78, 5) is 11.1. The predicted octanol–water partition coefficient (Wildman–Crippen LogP) is 0.805. The minimum atomic E-state index is -1.25. The van der Waals surface area contributed by atoms with Crippen LogP contribution >= 0.6 is 0 Å². The van der Waals surface area contributed by atoms with E-state index >= 15 is 0 Å². The molecule has 0 bridgehead atoms. The normalized spacial score (nSPS) is 14.4. The van der Waals surface area contributed by atoms with E-state index in [0.29, 0.717) is 0 Å². The molecule has 2 unspecified atom stereocenters. The maximum Gasteiger partial charge on any atom is 0.162 e. The van der Waals surface area contributed by atoms with Crippen LogP contribution in [-0.4, -0.2) is 33.8 Å². The highest BCUT2D eigenvalue weighted by Crippen LogP contribution is 2.21. The number of Topliss-reactive ketones (excluding diaryl/α,β-unsaturated/α-hetero) is 1. The first kappa shape index (κ1) is 13.8. The Bertz CT molecular complexity index is 405. The lowest BCUT2D eigenvalue weighted by atomic mass is 9.99. The smallest absolute Gasteiger partial charge is 0.162 e. The van der Waals surface area contributed by atoms with Crippen molar-refractivity contribution < 1.29 is 24.5 Å². The first-order chi connectivity index (χ1) is 7.97. The predicted molar refractivity (Wildman–Crippen MR) is 59.1 cm³/mol. The summed E-state index contributed by atoms with van der Waals surface area (Å²) in [6, 6.07) is 3.58. The van der Waals surface area contributed by atoms with Gasteiger partial charge in [0.25, 0.3) is 0 Å². The van der Waals surface area contributed by atoms with E-state index in [1.807, 2.05) is 0 Å². The third-order valence-electron chi connectivity index (χ3n) is 2.50. The van der Waals surface area contributed by atoms with Gasteiger partial charge in [0.1, 0.15) is 11.9 Å². The summed E-state index contributed by atoms with van der Waals surface area (Å²) in [6.07, 6.45) is -2.39. The molecule has 3 N–H and O–H groups in total. The largest absolute Gasteiger partial charge is 0.396 e. The van der Waals surface area contributed by atoms with E-state index in [1.165, 1.54) is 19.1 Å². The molecule has 0 saturated heterocycles. The third kappa shape index (κ3) is 3.33. The molecule has 0 heterocycles. The van der Waals surface area contributed by atoms with Gasteiger partial charge in [-0.25, -0.2) is 4.39 Å². The Morgan fingerprint density at radius 1 is 1.41 bits per heavy atom. The number of hydrogen-bond donors (Lipinski definition) is 3. The first-order valence-corrected chi connectivity index (χ1v) is 5.24. The lowest BCUT2D eigenvalue weighted by molar-refractivity contribution is 0.00414. The Morgan fingerprint density at radius 2 is 2.06 bits per heavy atom. The van der Waals surface area contributed by atoms with Crippen LogP contribution in [0.15, 0.2) is 18.2 Å². The summed E-state index contributed by atoms with van der Waals surface area (Å²) in [6.45, 7) is 0.956. The van der Waals surface area contributed by atoms with Crippen LogP contribution in [0.3, 0.4) is 0 Å². The van der Waals surface area contributed by atoms with Crippen molar-refractivity contribution in [1.82, 2.24) is 0 Å². The van der Waals surface area contributed by atoms with E-state index in [0.717, 1.165) is 6.07 Å². The molecule has 4 nitrogen and oxygen atoms in total. The molecule has 0 spiro atoms. The number of aliphatic hydroxyl groups is 3. The van der Waals surface area contributed by atoms with Crippen LogP contribution in [0.2, 0.25) is 0 Å². The Kier molecular flexibility index (Phi) is 4.74. The number of rotatable bonds is 5. The fraction of sp³-hybridized carbons (Fsp3) is 0.417. The van der Waals surface area contributed by atoms with E-state index in [1.54, 1.807) is 0 Å². The van der Waals surface area contributed by atoms with E-state index < -0.39 is 23.8 Å². The molecule has 0 aromatic heterocycles. The van der Waals surface area contributed by atoms with Gasteiger partial charge in [0.2, 0.25) is 0 Å². The minimum Gasteiger partial charge on any atom is -0.396 e. The molecule has 0 aliphatic rings. The van der Waals surface area contributed by atoms with Crippen molar-refractivity contribution in [3.8, 4) is 0 Å². The summed E-state index contributed by atoms with van der Waals surface area (Å²) in [5.74, 6) is -1.11. The number of carbonyl (C=O) groups excluding carboxylic acids is 1. The van der Waals surface area contributed by atoms with Crippen molar-refractivity contribution in [3.05, 3.63) is 35.1 Å². The molecular formula is C12H15FO4. The summed E-state index contributed by atoms with van der Waals surface area (Å²) in [5, 5.41) is 27.8. The van der Waals surface area contributed by atoms with Gasteiger partial charge >= 0.3 is 0 Å². The highest BCUT2D eigenvalue weighted by molar-refractivity contribution is 5.94. The van der Waals surface area contributed by atoms with Crippen LogP contribution in [-0.2, 0) is 0 Å². The van der Waals surface area contributed by atoms with Gasteiger partial charge in [0.15, 0.2) is 5.78 Å². The second-order valence-electron chi connectivity index (χ2n) is 3.82. The van der Waals surface area contributed by atoms with E-state index in [4.69, 9.17) is 5.11 Å². The van der Waals surface area contributed by atoms with Gasteiger partial charge in [-0.05, 0) is 31.0 Å². The van der Waals surface area contributed by atoms with Crippen LogP contribution in [0.5, 0.6) is 0 Å². The van der Waals surface area contributed by atoms with Crippen molar-refractivity contribution in [2.45, 2.75) is 25.6 Å². The van der Waals surface area contributed by atoms with Crippen molar-refractivity contribution in [2.75, 3.05) is 6.61 Å². The molecule has 1 rings (SSSR count). The van der Waals surface area contributed by atoms with Gasteiger partial charge in [-0.2, -0.15) is 0 Å². The highest BCUT2D eigenvalue weighted by atomic mass is 19.1. The Labute approximate surface area is 98.3 Å². The number of hydrogen-bond acceptors (Lipinski definition) is 4. The molecule has 0 aliphatic carbocycles. The molecule has 0 saturated carbocycles. The van der Waals surface area contributed by atoms with E-state index in [2.05, 4.69) is 0 Å². The number of carbonyl (C=O) groups is 1. The van der Waals surface area contributed by atoms with Gasteiger partial charge < -0.3 is 15.3 Å². The third-order valence-corrected chi connectivity index (χ3v) is 2.50. The Balaban J connectivity index is 2.99. The minimum absolute atomic E-state index is 0.00788. The zero-order valence-electron chi connectivity index (χ0n) is 9.43. The average Bonchev–Trinajstić information content (AvgIpc) is 2.28. The molecule has 0 amide bonds. The first-order valence-electron chi connectivity index (χ1n) is 5.24. The maximum atomic E-state index is 13.2. The Hall–Kier alpha value is -1.30. The van der Waals surface area contributed by atoms with Gasteiger partial charge in [0.05, 0.1) is 11.7 Å². The SMILES string of the molecule is CC(=O)c1cc(C(O)C(O)CCO)ccc1F. The fourth-order valence-corrected chi connectivity index (χ4v) is 1.51. The molecule has 0 radical (unpaired) electrons. The van der Waals surface area contributed by atoms with Crippen LogP contribution in [0.25, 0.3) is 0 Å². The molecule has 0 fully saturated rings. The van der Waals surface area contributed by atoms with Crippen molar-refractivity contribution in [2.24, 2.45) is 0 Å². The molecule has 0 aliphatic heterocycles. The van der Waals surface area contributed by atoms with Gasteiger partial charge in [-0.3, -0.25) is 4.79 Å². The van der Waals surface area contributed by atoms with Gasteiger partial charge in [-0.15, -0.1) is 0 Å². The molecule has 1 aromatic rings. The van der Waals surface area contributed by atoms with Crippen LogP contribution in [0, 0.1) is 5.82 Å². The lowest BCUT2D eigenvalue weighted by Gasteiger charge is -2.17. The fourth-order valence-electron chi connectivity index (χ4n) is 1.51. The van der Waals surface area contributed by atoms with Gasteiger partial charge in [-0.1, -0.05) is 6.07 Å². The topological polar surface area (TPSA) is 77.8 Å². The average molecular weight is 242 g/mol. The monoisotopic (exact) mass is 242 g/mol. The molecule has 1 aromatic carbocycles. The molecule has 94 valence electrons. The van der Waals surface area contributed by atoms with Gasteiger partial charge in [0, 0.05) is 6.61 Å². The molecule has 2 atom stereocenters. The molecular weight excluding hydrogens is 227 g/mol. The quantitative estimate of drug-likeness (QED) is 0.667. The Morgan fingerprint density at radius 3 is 2.59 bits per heavy atom. The summed E-state index contributed by atoms with van der Waals surface area (Å²) in [7, 11) is 0. The standard InChI is InChI=1S/C12H15FO4/c1-7(15)9-6-8(2-3-10(9)13)12(17)11(16)4-5-14/h2-3,6,11-12,14,16-17H,4-5H2,1H3. The molecule has 17 heavy (non-hydrogen) atoms. The maximum absolute atomic E-state index is 13.2. The number of benzene rings is 1. The summed E-state index contributed by atoms with van der Waals surface area (Å²) in [5.41, 5.74) is 0.121. The zero-order chi connectivity index (χ0) is 13.0. The number of aliphatic hydroxyl groups excluding tert-OH is 3. The highest BCUT2D eigenvalue weighted by Gasteiger charge is 2.19. The zero-order valence-corrected chi connectivity index (χ0v) is 9.43. The van der Waals surface area contributed by atoms with Crippen molar-refractivity contribution in [1.29, 1.82) is 0 Å². The van der Waals surface area contributed by atoms with Crippen molar-refractivity contribution >= 4 is 5.78 Å². The molecule has 5 heteroatoms. The lowest BCUT2D eigenvalue weighted by Crippen LogP contribution is -2.20. The van der Waals surface area contributed by atoms with Crippen molar-refractivity contribution in [3.63, 3.8) is 0 Å². The van der Waals surface area contributed by atoms with Crippen LogP contribution in [0.4, 0.5) is 4.39 Å². The van der Waals surface area contributed by atoms with Crippen LogP contribution < -0.4 is 0 Å². The van der Waals surface area contributed by atoms with E-state index in [9.17, 15) is 19.4 Å². The number of halogens is 1. The van der Waals surface area contributed by atoms with E-state index in [-0.39, 0.29) is 24.2 Å². The summed E-state index contributed by atoms with van der Waals surface area (Å²) < 4.78 is 13.2. The second kappa shape index (κ2) is 5.86. The van der Waals surface area contributed by atoms with Crippen LogP contribution in [0.1, 0.15) is 35.4 Å². The summed E-state index contributed by atoms with van der Waals surface area (Å²) >= 11 is 0. The second-order valence-corrected chi connectivity index (χ2v) is 3.82. The number of ketones is 1.